The van der Waals surface area contributed by atoms with Crippen LogP contribution in [0.3, 0.4) is 0 Å². The number of carbonyl (C=O) groups excluding carboxylic acids is 1. The normalized spacial score (nSPS) is 28.2. The Morgan fingerprint density at radius 3 is 2.81 bits per heavy atom. The highest BCUT2D eigenvalue weighted by Crippen LogP contribution is 2.31. The second-order valence-electron chi connectivity index (χ2n) is 4.47. The van der Waals surface area contributed by atoms with Gasteiger partial charge < -0.3 is 9.84 Å². The van der Waals surface area contributed by atoms with Crippen LogP contribution >= 0.6 is 11.8 Å². The third-order valence-electron chi connectivity index (χ3n) is 3.01. The first-order valence-electron chi connectivity index (χ1n) is 6.04. The molecule has 1 fully saturated rings. The Bertz CT molecular complexity index is 220. The minimum atomic E-state index is -0.201. The monoisotopic (exact) mass is 246 g/mol. The maximum absolute atomic E-state index is 11.1. The predicted molar refractivity (Wildman–Crippen MR) is 66.6 cm³/mol. The molecule has 1 aliphatic carbocycles. The third-order valence-corrected chi connectivity index (χ3v) is 4.54. The first-order valence-corrected chi connectivity index (χ1v) is 6.98. The average molecular weight is 246 g/mol. The highest BCUT2D eigenvalue weighted by Gasteiger charge is 2.24. The molecule has 0 heterocycles. The number of methoxy groups -OCH3 is 1. The van der Waals surface area contributed by atoms with Gasteiger partial charge in [0.1, 0.15) is 0 Å². The smallest absolute Gasteiger partial charge is 0.306 e. The van der Waals surface area contributed by atoms with Gasteiger partial charge in [0.05, 0.1) is 19.6 Å². The largest absolute Gasteiger partial charge is 0.469 e. The highest BCUT2D eigenvalue weighted by molar-refractivity contribution is 8.00. The first-order chi connectivity index (χ1) is 7.63. The van der Waals surface area contributed by atoms with Gasteiger partial charge in [-0.3, -0.25) is 4.79 Å². The van der Waals surface area contributed by atoms with Gasteiger partial charge in [-0.05, 0) is 12.8 Å². The van der Waals surface area contributed by atoms with Crippen LogP contribution in [0.25, 0.3) is 0 Å². The summed E-state index contributed by atoms with van der Waals surface area (Å²) in [4.78, 5) is 11.1. The van der Waals surface area contributed by atoms with Gasteiger partial charge in [0, 0.05) is 10.5 Å². The summed E-state index contributed by atoms with van der Waals surface area (Å²) < 4.78 is 4.65. The summed E-state index contributed by atoms with van der Waals surface area (Å²) >= 11 is 1.73. The molecule has 1 saturated carbocycles. The molecule has 3 nitrogen and oxygen atoms in total. The Balaban J connectivity index is 2.35. The molecule has 0 aromatic heterocycles. The molecule has 0 bridgehead atoms. The van der Waals surface area contributed by atoms with Crippen molar-refractivity contribution in [1.82, 2.24) is 0 Å². The lowest BCUT2D eigenvalue weighted by molar-refractivity contribution is -0.140. The molecule has 16 heavy (non-hydrogen) atoms. The Morgan fingerprint density at radius 2 is 2.12 bits per heavy atom. The van der Waals surface area contributed by atoms with Crippen molar-refractivity contribution in [2.75, 3.05) is 7.11 Å². The summed E-state index contributed by atoms with van der Waals surface area (Å²) in [5, 5.41) is 10.5. The zero-order valence-corrected chi connectivity index (χ0v) is 11.0. The van der Waals surface area contributed by atoms with E-state index in [9.17, 15) is 9.90 Å². The van der Waals surface area contributed by atoms with E-state index in [0.717, 1.165) is 19.3 Å². The van der Waals surface area contributed by atoms with E-state index >= 15 is 0 Å². The Kier molecular flexibility index (Phi) is 6.21. The maximum Gasteiger partial charge on any atom is 0.306 e. The Labute approximate surface area is 102 Å². The second-order valence-corrected chi connectivity index (χ2v) is 6.15. The van der Waals surface area contributed by atoms with Gasteiger partial charge in [-0.15, -0.1) is 0 Å². The van der Waals surface area contributed by atoms with E-state index < -0.39 is 0 Å². The molecular weight excluding hydrogens is 224 g/mol. The molecule has 3 unspecified atom stereocenters. The number of ether oxygens (including phenoxy) is 1. The average Bonchev–Trinajstić information content (AvgIpc) is 2.44. The van der Waals surface area contributed by atoms with Crippen molar-refractivity contribution in [3.05, 3.63) is 0 Å². The van der Waals surface area contributed by atoms with Crippen molar-refractivity contribution in [3.8, 4) is 0 Å². The fourth-order valence-corrected chi connectivity index (χ4v) is 3.53. The van der Waals surface area contributed by atoms with Gasteiger partial charge in [-0.1, -0.05) is 26.2 Å². The van der Waals surface area contributed by atoms with E-state index in [2.05, 4.69) is 4.74 Å². The van der Waals surface area contributed by atoms with Crippen LogP contribution in [-0.4, -0.2) is 34.8 Å². The molecule has 0 amide bonds. The number of aliphatic hydroxyl groups excluding tert-OH is 1. The molecule has 3 atom stereocenters. The van der Waals surface area contributed by atoms with Crippen molar-refractivity contribution >= 4 is 17.7 Å². The van der Waals surface area contributed by atoms with Crippen molar-refractivity contribution < 1.29 is 14.6 Å². The minimum Gasteiger partial charge on any atom is -0.469 e. The Morgan fingerprint density at radius 1 is 1.44 bits per heavy atom. The number of hydrogen-bond donors (Lipinski definition) is 1. The van der Waals surface area contributed by atoms with Gasteiger partial charge in [-0.25, -0.2) is 0 Å². The van der Waals surface area contributed by atoms with Crippen LogP contribution in [0.2, 0.25) is 0 Å². The number of aliphatic hydroxyl groups is 1. The zero-order chi connectivity index (χ0) is 12.0. The number of thioether (sulfide) groups is 1. The van der Waals surface area contributed by atoms with Crippen LogP contribution in [-0.2, 0) is 9.53 Å². The number of hydrogen-bond acceptors (Lipinski definition) is 4. The van der Waals surface area contributed by atoms with Crippen LogP contribution in [0, 0.1) is 0 Å². The lowest BCUT2D eigenvalue weighted by Crippen LogP contribution is -2.24. The van der Waals surface area contributed by atoms with Crippen LogP contribution in [0.5, 0.6) is 0 Å². The number of esters is 1. The predicted octanol–water partition coefficient (Wildman–Crippen LogP) is 2.36. The van der Waals surface area contributed by atoms with E-state index in [-0.39, 0.29) is 17.3 Å². The summed E-state index contributed by atoms with van der Waals surface area (Å²) in [6, 6.07) is 0. The minimum absolute atomic E-state index is 0.164. The molecule has 1 aliphatic rings. The van der Waals surface area contributed by atoms with Gasteiger partial charge in [-0.2, -0.15) is 11.8 Å². The second kappa shape index (κ2) is 7.17. The van der Waals surface area contributed by atoms with Gasteiger partial charge in [0.15, 0.2) is 0 Å². The topological polar surface area (TPSA) is 46.5 Å². The molecule has 0 radical (unpaired) electrons. The summed E-state index contributed by atoms with van der Waals surface area (Å²) in [6.45, 7) is 2.03. The quantitative estimate of drug-likeness (QED) is 0.611. The highest BCUT2D eigenvalue weighted by atomic mass is 32.2. The fourth-order valence-electron chi connectivity index (χ4n) is 2.08. The van der Waals surface area contributed by atoms with Crippen molar-refractivity contribution in [1.29, 1.82) is 0 Å². The molecule has 0 aliphatic heterocycles. The van der Waals surface area contributed by atoms with Crippen LogP contribution < -0.4 is 0 Å². The Hall–Kier alpha value is -0.220. The van der Waals surface area contributed by atoms with Gasteiger partial charge in [0.25, 0.3) is 0 Å². The third kappa shape index (κ3) is 4.74. The molecule has 0 spiro atoms. The molecule has 0 aromatic carbocycles. The molecule has 1 rings (SSSR count). The van der Waals surface area contributed by atoms with Crippen LogP contribution in [0.1, 0.15) is 45.4 Å². The van der Waals surface area contributed by atoms with Crippen LogP contribution in [0.15, 0.2) is 0 Å². The molecule has 4 heteroatoms. The van der Waals surface area contributed by atoms with E-state index in [4.69, 9.17) is 0 Å². The van der Waals surface area contributed by atoms with Crippen molar-refractivity contribution in [2.24, 2.45) is 0 Å². The van der Waals surface area contributed by atoms with E-state index in [1.165, 1.54) is 20.0 Å². The molecule has 0 aromatic rings. The summed E-state index contributed by atoms with van der Waals surface area (Å²) in [7, 11) is 1.42. The van der Waals surface area contributed by atoms with Gasteiger partial charge >= 0.3 is 5.97 Å². The summed E-state index contributed by atoms with van der Waals surface area (Å²) in [5.74, 6) is -0.164. The van der Waals surface area contributed by atoms with E-state index in [1.54, 1.807) is 11.8 Å². The maximum atomic E-state index is 11.1. The standard InChI is InChI=1S/C12H22O3S/c1-9(8-12(14)15-2)16-11-7-5-3-4-6-10(11)13/h9-11,13H,3-8H2,1-2H3. The number of carbonyl (C=O) groups is 1. The SMILES string of the molecule is COC(=O)CC(C)SC1CCCCCC1O. The fraction of sp³-hybridized carbons (Fsp3) is 0.917. The summed E-state index contributed by atoms with van der Waals surface area (Å²) in [5.41, 5.74) is 0. The van der Waals surface area contributed by atoms with Crippen LogP contribution in [0.4, 0.5) is 0 Å². The van der Waals surface area contributed by atoms with E-state index in [1.807, 2.05) is 6.92 Å². The molecular formula is C12H22O3S. The number of rotatable bonds is 4. The molecule has 0 saturated heterocycles. The lowest BCUT2D eigenvalue weighted by atomic mass is 10.1. The van der Waals surface area contributed by atoms with Crippen molar-refractivity contribution in [3.63, 3.8) is 0 Å². The summed E-state index contributed by atoms with van der Waals surface area (Å²) in [6.07, 6.45) is 5.75. The lowest BCUT2D eigenvalue weighted by Gasteiger charge is -2.22. The zero-order valence-electron chi connectivity index (χ0n) is 10.1. The first kappa shape index (κ1) is 13.8. The molecule has 94 valence electrons. The molecule has 1 N–H and O–H groups in total. The van der Waals surface area contributed by atoms with E-state index in [0.29, 0.717) is 11.7 Å². The van der Waals surface area contributed by atoms with Gasteiger partial charge in [0.2, 0.25) is 0 Å². The van der Waals surface area contributed by atoms with Crippen molar-refractivity contribution in [2.45, 2.75) is 62.1 Å².